The number of carbonyl (C=O) groups excluding carboxylic acids is 1. The molecule has 1 amide bonds. The van der Waals surface area contributed by atoms with Crippen LogP contribution in [-0.2, 0) is 14.8 Å². The molecule has 2 aliphatic carbocycles. The summed E-state index contributed by atoms with van der Waals surface area (Å²) >= 11 is 0. The Morgan fingerprint density at radius 1 is 1.06 bits per heavy atom. The molecule has 66 heavy (non-hydrogen) atoms. The van der Waals surface area contributed by atoms with Gasteiger partial charge in [0.05, 0.1) is 47.2 Å². The van der Waals surface area contributed by atoms with Gasteiger partial charge >= 0.3 is 5.69 Å². The zero-order valence-corrected chi connectivity index (χ0v) is 38.9. The van der Waals surface area contributed by atoms with Gasteiger partial charge in [-0.05, 0) is 118 Å². The van der Waals surface area contributed by atoms with Crippen LogP contribution in [0.2, 0.25) is 0 Å². The molecule has 16 nitrogen and oxygen atoms in total. The van der Waals surface area contributed by atoms with Crippen molar-refractivity contribution in [3.8, 4) is 11.5 Å². The first-order valence-electron chi connectivity index (χ1n) is 23.2. The van der Waals surface area contributed by atoms with Gasteiger partial charge in [-0.2, -0.15) is 0 Å². The maximum absolute atomic E-state index is 14.1. The van der Waals surface area contributed by atoms with E-state index in [-0.39, 0.29) is 40.2 Å². The molecule has 0 unspecified atom stereocenters. The average molecular weight is 921 g/mol. The molecule has 1 atom stereocenters. The van der Waals surface area contributed by atoms with Gasteiger partial charge < -0.3 is 29.8 Å². The summed E-state index contributed by atoms with van der Waals surface area (Å²) < 4.78 is 42.4. The van der Waals surface area contributed by atoms with Crippen molar-refractivity contribution in [2.75, 3.05) is 49.6 Å². The van der Waals surface area contributed by atoms with Crippen LogP contribution in [0.3, 0.4) is 0 Å². The maximum atomic E-state index is 14.1. The van der Waals surface area contributed by atoms with Crippen molar-refractivity contribution in [1.82, 2.24) is 24.6 Å². The summed E-state index contributed by atoms with van der Waals surface area (Å²) in [6, 6.07) is 19.2. The Balaban J connectivity index is 0.910. The molecule has 5 heterocycles. The normalized spacial score (nSPS) is 22.6. The zero-order chi connectivity index (χ0) is 46.4. The highest BCUT2D eigenvalue weighted by atomic mass is 32.2. The number of anilines is 2. The van der Waals surface area contributed by atoms with Crippen molar-refractivity contribution >= 4 is 44.2 Å². The topological polar surface area (TPSA) is 205 Å². The van der Waals surface area contributed by atoms with E-state index in [1.807, 2.05) is 6.07 Å². The lowest BCUT2D eigenvalue weighted by Crippen LogP contribution is -2.58. The predicted molar refractivity (Wildman–Crippen MR) is 252 cm³/mol. The van der Waals surface area contributed by atoms with E-state index in [0.717, 1.165) is 81.9 Å². The maximum Gasteiger partial charge on any atom is 0.312 e. The molecule has 0 radical (unpaired) electrons. The van der Waals surface area contributed by atoms with Crippen LogP contribution in [0.1, 0.15) is 111 Å². The van der Waals surface area contributed by atoms with Crippen molar-refractivity contribution < 1.29 is 32.7 Å². The number of fused-ring (bicyclic) bond motifs is 1. The van der Waals surface area contributed by atoms with Gasteiger partial charge in [0.25, 0.3) is 15.9 Å². The lowest BCUT2D eigenvalue weighted by Gasteiger charge is -2.57. The van der Waals surface area contributed by atoms with Gasteiger partial charge in [-0.15, -0.1) is 0 Å². The van der Waals surface area contributed by atoms with E-state index in [1.54, 1.807) is 37.4 Å². The number of sulfonamides is 1. The van der Waals surface area contributed by atoms with Crippen LogP contribution >= 0.6 is 0 Å². The molecule has 4 fully saturated rings. The number of aromatic nitrogens is 3. The van der Waals surface area contributed by atoms with E-state index in [0.29, 0.717) is 49.3 Å². The van der Waals surface area contributed by atoms with Gasteiger partial charge in [0.2, 0.25) is 5.82 Å². The smallest absolute Gasteiger partial charge is 0.312 e. The van der Waals surface area contributed by atoms with Crippen LogP contribution in [0.15, 0.2) is 78.0 Å². The number of carbonyl (C=O) groups is 1. The minimum absolute atomic E-state index is 0.0189. The SMILES string of the molecule is Cc1nc(NC[C@H]2CC[C@](C)(O)CC2)c([N+](=O)[O-])cc1S(=O)(=O)NC(=O)c1ccc(N2CCC3(CC2)CC(N2CCOC[C@@H]2c2ccccc2C(C)C)C3)cc1Oc1cnc2[nH]ccc2c1. The minimum Gasteiger partial charge on any atom is -0.455 e. The highest BCUT2D eigenvalue weighted by Crippen LogP contribution is 2.53. The van der Waals surface area contributed by atoms with Gasteiger partial charge in [0.15, 0.2) is 0 Å². The van der Waals surface area contributed by atoms with Crippen molar-refractivity contribution in [1.29, 1.82) is 0 Å². The molecule has 3 aromatic heterocycles. The van der Waals surface area contributed by atoms with E-state index in [9.17, 15) is 28.4 Å². The largest absolute Gasteiger partial charge is 0.455 e. The second-order valence-corrected chi connectivity index (χ2v) is 21.1. The quantitative estimate of drug-likeness (QED) is 0.0648. The number of aromatic amines is 1. The number of benzene rings is 2. The van der Waals surface area contributed by atoms with E-state index in [4.69, 9.17) is 9.47 Å². The number of hydrogen-bond acceptors (Lipinski definition) is 13. The Morgan fingerprint density at radius 2 is 1.82 bits per heavy atom. The van der Waals surface area contributed by atoms with Gasteiger partial charge in [0, 0.05) is 61.6 Å². The minimum atomic E-state index is -4.66. The summed E-state index contributed by atoms with van der Waals surface area (Å²) in [6.07, 6.45) is 10.3. The number of aryl methyl sites for hydroxylation is 1. The monoisotopic (exact) mass is 920 g/mol. The fraction of sp³-hybridized carbons (Fsp3) is 0.490. The first-order chi connectivity index (χ1) is 31.6. The Morgan fingerprint density at radius 3 is 2.56 bits per heavy atom. The number of nitrogens with one attached hydrogen (secondary N) is 3. The number of hydrogen-bond donors (Lipinski definition) is 4. The summed E-state index contributed by atoms with van der Waals surface area (Å²) in [5.74, 6) is 0.0404. The summed E-state index contributed by atoms with van der Waals surface area (Å²) in [5.41, 5.74) is 3.18. The van der Waals surface area contributed by atoms with E-state index >= 15 is 0 Å². The number of piperidine rings is 1. The number of amides is 1. The lowest BCUT2D eigenvalue weighted by atomic mass is 9.59. The third-order valence-electron chi connectivity index (χ3n) is 14.6. The number of nitrogens with zero attached hydrogens (tertiary/aromatic N) is 5. The molecular weight excluding hydrogens is 861 g/mol. The Hall–Kier alpha value is -5.62. The molecule has 350 valence electrons. The third kappa shape index (κ3) is 9.48. The lowest BCUT2D eigenvalue weighted by molar-refractivity contribution is -0.384. The van der Waals surface area contributed by atoms with Crippen molar-refractivity contribution in [3.63, 3.8) is 0 Å². The molecule has 2 saturated heterocycles. The van der Waals surface area contributed by atoms with Crippen molar-refractivity contribution in [2.45, 2.75) is 108 Å². The predicted octanol–water partition coefficient (Wildman–Crippen LogP) is 8.38. The molecular formula is C49H60N8O8S. The molecule has 5 aromatic rings. The molecule has 4 aliphatic rings. The molecule has 2 aliphatic heterocycles. The van der Waals surface area contributed by atoms with Crippen LogP contribution in [0.5, 0.6) is 11.5 Å². The van der Waals surface area contributed by atoms with Crippen LogP contribution in [0.25, 0.3) is 11.0 Å². The number of rotatable bonds is 13. The van der Waals surface area contributed by atoms with Gasteiger partial charge in [-0.25, -0.2) is 23.1 Å². The van der Waals surface area contributed by atoms with Gasteiger partial charge in [-0.1, -0.05) is 38.1 Å². The first-order valence-corrected chi connectivity index (χ1v) is 24.7. The fourth-order valence-electron chi connectivity index (χ4n) is 10.7. The molecule has 2 saturated carbocycles. The summed E-state index contributed by atoms with van der Waals surface area (Å²) in [5, 5.41) is 26.4. The second kappa shape index (κ2) is 18.2. The molecule has 0 bridgehead atoms. The molecule has 17 heteroatoms. The summed E-state index contributed by atoms with van der Waals surface area (Å²) in [6.45, 7) is 12.1. The number of ether oxygens (including phenoxy) is 2. The molecule has 4 N–H and O–H groups in total. The van der Waals surface area contributed by atoms with Gasteiger partial charge in [-0.3, -0.25) is 19.8 Å². The Bertz CT molecular complexity index is 2710. The molecule has 9 rings (SSSR count). The van der Waals surface area contributed by atoms with Crippen LogP contribution < -0.4 is 19.7 Å². The highest BCUT2D eigenvalue weighted by molar-refractivity contribution is 7.90. The van der Waals surface area contributed by atoms with Crippen LogP contribution in [0, 0.1) is 28.4 Å². The third-order valence-corrected chi connectivity index (χ3v) is 16.0. The number of pyridine rings is 2. The number of aliphatic hydroxyl groups is 1. The van der Waals surface area contributed by atoms with Crippen molar-refractivity contribution in [3.05, 3.63) is 106 Å². The average Bonchev–Trinajstić information content (AvgIpc) is 3.76. The molecule has 2 aromatic carbocycles. The highest BCUT2D eigenvalue weighted by Gasteiger charge is 2.50. The van der Waals surface area contributed by atoms with Crippen molar-refractivity contribution in [2.24, 2.45) is 11.3 Å². The summed E-state index contributed by atoms with van der Waals surface area (Å²) in [4.78, 5) is 41.9. The first kappa shape index (κ1) is 45.5. The van der Waals surface area contributed by atoms with E-state index in [2.05, 4.69) is 72.9 Å². The fourth-order valence-corrected chi connectivity index (χ4v) is 11.8. The van der Waals surface area contributed by atoms with Crippen LogP contribution in [-0.4, -0.2) is 95.2 Å². The van der Waals surface area contributed by atoms with E-state index < -0.39 is 37.0 Å². The number of H-pyrrole nitrogens is 1. The Labute approximate surface area is 385 Å². The zero-order valence-electron chi connectivity index (χ0n) is 38.1. The Kier molecular flexibility index (Phi) is 12.6. The van der Waals surface area contributed by atoms with E-state index in [1.165, 1.54) is 24.2 Å². The number of morpholine rings is 1. The second-order valence-electron chi connectivity index (χ2n) is 19.5. The van der Waals surface area contributed by atoms with Crippen LogP contribution in [0.4, 0.5) is 17.2 Å². The molecule has 1 spiro atoms. The van der Waals surface area contributed by atoms with Gasteiger partial charge in [0.1, 0.15) is 22.0 Å². The standard InChI is InChI=1S/C49H60N8O8S/c1-31(2)38-7-5-6-8-39(38)42-30-64-22-21-56(42)36-26-49(27-36)16-19-55(20-17-49)35-9-10-40(43(24-35)65-37-23-34-13-18-50-45(34)52-29-37)47(58)54-66(62,63)44-25-41(57(60)61)46(53-32(44)3)51-28-33-11-14-48(4,59)15-12-33/h5-10,13,18,23-25,29,31,33,36,42,59H,11-12,14-17,19-22,26-28,30H2,1-4H3,(H,50,52)(H,51,53)(H,54,58)/t33-,42-,48-/m1/s1. The summed E-state index contributed by atoms with van der Waals surface area (Å²) in [7, 11) is -4.66. The number of nitro groups is 1.